The van der Waals surface area contributed by atoms with Crippen molar-refractivity contribution in [3.8, 4) is 39.1 Å². The van der Waals surface area contributed by atoms with Crippen molar-refractivity contribution in [1.82, 2.24) is 4.57 Å². The Bertz CT molecular complexity index is 2680. The van der Waals surface area contributed by atoms with Crippen molar-refractivity contribution in [3.05, 3.63) is 198 Å². The highest BCUT2D eigenvalue weighted by Gasteiger charge is 2.51. The van der Waals surface area contributed by atoms with Crippen LogP contribution in [0.15, 0.2) is 176 Å². The normalized spacial score (nSPS) is 13.6. The zero-order chi connectivity index (χ0) is 31.4. The molecule has 222 valence electrons. The quantitative estimate of drug-likeness (QED) is 0.184. The molecule has 1 heteroatoms. The molecule has 8 aromatic carbocycles. The molecule has 0 saturated heterocycles. The molecule has 2 aliphatic carbocycles. The maximum absolute atomic E-state index is 2.47. The molecule has 0 bridgehead atoms. The van der Waals surface area contributed by atoms with Crippen LogP contribution in [0.1, 0.15) is 22.3 Å². The molecule has 2 aliphatic rings. The number of benzene rings is 8. The minimum Gasteiger partial charge on any atom is -0.309 e. The molecule has 0 aliphatic heterocycles. The Labute approximate surface area is 279 Å². The van der Waals surface area contributed by atoms with E-state index < -0.39 is 0 Å². The van der Waals surface area contributed by atoms with Gasteiger partial charge in [0.1, 0.15) is 0 Å². The summed E-state index contributed by atoms with van der Waals surface area (Å²) in [5, 5.41) is 5.05. The molecule has 1 nitrogen and oxygen atoms in total. The predicted octanol–water partition coefficient (Wildman–Crippen LogP) is 11.9. The zero-order valence-corrected chi connectivity index (χ0v) is 26.2. The summed E-state index contributed by atoms with van der Waals surface area (Å²) in [5.74, 6) is 0. The molecule has 0 fully saturated rings. The third kappa shape index (κ3) is 3.25. The number of hydrogen-bond donors (Lipinski definition) is 0. The van der Waals surface area contributed by atoms with Crippen LogP contribution < -0.4 is 0 Å². The van der Waals surface area contributed by atoms with Gasteiger partial charge in [0.2, 0.25) is 0 Å². The van der Waals surface area contributed by atoms with E-state index in [0.717, 1.165) is 0 Å². The number of fused-ring (bicyclic) bond motifs is 14. The first-order valence-corrected chi connectivity index (χ1v) is 16.8. The van der Waals surface area contributed by atoms with Gasteiger partial charge in [-0.3, -0.25) is 0 Å². The lowest BCUT2D eigenvalue weighted by Gasteiger charge is -2.30. The minimum atomic E-state index is -0.330. The van der Waals surface area contributed by atoms with Crippen LogP contribution in [0.4, 0.5) is 0 Å². The van der Waals surface area contributed by atoms with E-state index in [1.54, 1.807) is 0 Å². The first kappa shape index (κ1) is 25.9. The van der Waals surface area contributed by atoms with Gasteiger partial charge in [-0.05, 0) is 103 Å². The average molecular weight is 608 g/mol. The molecule has 0 saturated carbocycles. The van der Waals surface area contributed by atoms with E-state index >= 15 is 0 Å². The van der Waals surface area contributed by atoms with Crippen LogP contribution in [0.2, 0.25) is 0 Å². The van der Waals surface area contributed by atoms with E-state index in [1.165, 1.54) is 93.9 Å². The molecule has 11 rings (SSSR count). The first-order valence-electron chi connectivity index (χ1n) is 16.8. The third-order valence-electron chi connectivity index (χ3n) is 11.0. The second kappa shape index (κ2) is 9.44. The fourth-order valence-corrected chi connectivity index (χ4v) is 9.03. The van der Waals surface area contributed by atoms with E-state index in [2.05, 4.69) is 180 Å². The Kier molecular flexibility index (Phi) is 5.10. The van der Waals surface area contributed by atoms with Crippen LogP contribution in [0, 0.1) is 0 Å². The molecule has 0 atom stereocenters. The number of nitrogens with zero attached hydrogens (tertiary/aromatic N) is 1. The number of para-hydroxylation sites is 2. The maximum Gasteiger partial charge on any atom is 0.0725 e. The summed E-state index contributed by atoms with van der Waals surface area (Å²) >= 11 is 0. The highest BCUT2D eigenvalue weighted by atomic mass is 15.0. The monoisotopic (exact) mass is 607 g/mol. The van der Waals surface area contributed by atoms with Crippen LogP contribution in [0.25, 0.3) is 71.6 Å². The van der Waals surface area contributed by atoms with Gasteiger partial charge < -0.3 is 4.57 Å². The van der Waals surface area contributed by atoms with Gasteiger partial charge in [-0.1, -0.05) is 140 Å². The topological polar surface area (TPSA) is 4.93 Å². The standard InChI is InChI=1S/C47H29N/c1-6-16-41-35(11-1)36-12-2-7-17-42(36)47(41)43-18-8-3-13-37(43)38-26-24-33(29-44(38)47)30-21-22-32-28-34(25-23-31(32)27-30)48-45-19-9-4-14-39(45)40-15-5-10-20-46(40)48/h1-29H. The zero-order valence-electron chi connectivity index (χ0n) is 26.2. The van der Waals surface area contributed by atoms with Gasteiger partial charge in [0.15, 0.2) is 0 Å². The second-order valence-corrected chi connectivity index (χ2v) is 13.3. The Morgan fingerprint density at radius 2 is 0.792 bits per heavy atom. The molecular weight excluding hydrogens is 579 g/mol. The summed E-state index contributed by atoms with van der Waals surface area (Å²) in [7, 11) is 0. The lowest BCUT2D eigenvalue weighted by atomic mass is 9.70. The number of hydrogen-bond acceptors (Lipinski definition) is 0. The van der Waals surface area contributed by atoms with Gasteiger partial charge in [0, 0.05) is 16.5 Å². The van der Waals surface area contributed by atoms with E-state index in [9.17, 15) is 0 Å². The summed E-state index contributed by atoms with van der Waals surface area (Å²) in [6, 6.07) is 65.5. The Morgan fingerprint density at radius 3 is 1.42 bits per heavy atom. The molecule has 48 heavy (non-hydrogen) atoms. The molecule has 0 N–H and O–H groups in total. The van der Waals surface area contributed by atoms with Crippen LogP contribution in [0.3, 0.4) is 0 Å². The molecule has 0 amide bonds. The molecular formula is C47H29N. The highest BCUT2D eigenvalue weighted by Crippen LogP contribution is 2.63. The second-order valence-electron chi connectivity index (χ2n) is 13.3. The molecule has 1 aromatic heterocycles. The van der Waals surface area contributed by atoms with Crippen molar-refractivity contribution in [1.29, 1.82) is 0 Å². The van der Waals surface area contributed by atoms with Gasteiger partial charge >= 0.3 is 0 Å². The van der Waals surface area contributed by atoms with Crippen LogP contribution in [0.5, 0.6) is 0 Å². The Hall–Kier alpha value is -6.18. The van der Waals surface area contributed by atoms with Crippen LogP contribution in [-0.4, -0.2) is 4.57 Å². The highest BCUT2D eigenvalue weighted by molar-refractivity contribution is 6.09. The molecule has 1 heterocycles. The molecule has 0 radical (unpaired) electrons. The Balaban J connectivity index is 1.08. The van der Waals surface area contributed by atoms with E-state index in [0.29, 0.717) is 0 Å². The van der Waals surface area contributed by atoms with Gasteiger partial charge in [0.05, 0.1) is 16.4 Å². The summed E-state index contributed by atoms with van der Waals surface area (Å²) in [6.45, 7) is 0. The van der Waals surface area contributed by atoms with Gasteiger partial charge in [-0.25, -0.2) is 0 Å². The summed E-state index contributed by atoms with van der Waals surface area (Å²) in [5.41, 5.74) is 16.7. The summed E-state index contributed by atoms with van der Waals surface area (Å²) < 4.78 is 2.40. The van der Waals surface area contributed by atoms with Gasteiger partial charge in [0.25, 0.3) is 0 Å². The number of rotatable bonds is 2. The van der Waals surface area contributed by atoms with Crippen molar-refractivity contribution >= 4 is 32.6 Å². The smallest absolute Gasteiger partial charge is 0.0725 e. The predicted molar refractivity (Wildman–Crippen MR) is 200 cm³/mol. The van der Waals surface area contributed by atoms with E-state index in [1.807, 2.05) is 0 Å². The van der Waals surface area contributed by atoms with Crippen molar-refractivity contribution in [2.24, 2.45) is 0 Å². The Morgan fingerprint density at radius 1 is 0.333 bits per heavy atom. The van der Waals surface area contributed by atoms with E-state index in [-0.39, 0.29) is 5.41 Å². The first-order chi connectivity index (χ1) is 23.8. The molecule has 1 spiro atoms. The van der Waals surface area contributed by atoms with Crippen molar-refractivity contribution in [3.63, 3.8) is 0 Å². The summed E-state index contributed by atoms with van der Waals surface area (Å²) in [4.78, 5) is 0. The fourth-order valence-electron chi connectivity index (χ4n) is 9.03. The molecule has 9 aromatic rings. The summed E-state index contributed by atoms with van der Waals surface area (Å²) in [6.07, 6.45) is 0. The average Bonchev–Trinajstić information content (AvgIpc) is 3.76. The van der Waals surface area contributed by atoms with Crippen molar-refractivity contribution in [2.45, 2.75) is 5.41 Å². The van der Waals surface area contributed by atoms with Crippen molar-refractivity contribution in [2.75, 3.05) is 0 Å². The lowest BCUT2D eigenvalue weighted by molar-refractivity contribution is 0.794. The SMILES string of the molecule is c1ccc2c(c1)-c1ccccc1C21c2ccccc2-c2ccc(-c3ccc4cc(-n5c6ccccc6c6ccccc65)ccc4c3)cc21. The largest absolute Gasteiger partial charge is 0.309 e. The fraction of sp³-hybridized carbons (Fsp3) is 0.0213. The third-order valence-corrected chi connectivity index (χ3v) is 11.0. The van der Waals surface area contributed by atoms with Crippen molar-refractivity contribution < 1.29 is 0 Å². The lowest BCUT2D eigenvalue weighted by Crippen LogP contribution is -2.25. The minimum absolute atomic E-state index is 0.330. The van der Waals surface area contributed by atoms with Gasteiger partial charge in [-0.2, -0.15) is 0 Å². The van der Waals surface area contributed by atoms with Crippen LogP contribution >= 0.6 is 0 Å². The number of aromatic nitrogens is 1. The maximum atomic E-state index is 2.47. The van der Waals surface area contributed by atoms with Gasteiger partial charge in [-0.15, -0.1) is 0 Å². The molecule has 0 unspecified atom stereocenters. The van der Waals surface area contributed by atoms with E-state index in [4.69, 9.17) is 0 Å². The van der Waals surface area contributed by atoms with Crippen LogP contribution in [-0.2, 0) is 5.41 Å².